The molecule has 0 fully saturated rings. The molecular weight excluding hydrogens is 450 g/mol. The molecule has 1 unspecified atom stereocenters. The molecule has 3 N–H and O–H groups in total. The second-order valence-corrected chi connectivity index (χ2v) is 9.05. The number of aromatic amines is 2. The number of aromatic nitrogens is 4. The second-order valence-electron chi connectivity index (χ2n) is 8.07. The summed E-state index contributed by atoms with van der Waals surface area (Å²) in [4.78, 5) is 48.6. The molecule has 0 saturated carbocycles. The number of amides is 1. The second kappa shape index (κ2) is 9.11. The predicted octanol–water partition coefficient (Wildman–Crippen LogP) is 3.60. The van der Waals surface area contributed by atoms with Gasteiger partial charge >= 0.3 is 5.69 Å². The smallest absolute Gasteiger partial charge is 0.329 e. The number of nitrogens with one attached hydrogen (secondary N) is 3. The summed E-state index contributed by atoms with van der Waals surface area (Å²) >= 11 is 1.64. The Hall–Kier alpha value is -3.98. The monoisotopic (exact) mass is 473 g/mol. The lowest BCUT2D eigenvalue weighted by Crippen LogP contribution is -2.32. The van der Waals surface area contributed by atoms with Crippen LogP contribution < -0.4 is 16.6 Å². The molecule has 0 aliphatic carbocycles. The summed E-state index contributed by atoms with van der Waals surface area (Å²) in [7, 11) is 0. The average molecular weight is 474 g/mol. The Morgan fingerprint density at radius 2 is 2.03 bits per heavy atom. The third-order valence-electron chi connectivity index (χ3n) is 5.89. The minimum absolute atomic E-state index is 0.0355. The van der Waals surface area contributed by atoms with E-state index < -0.39 is 11.2 Å². The van der Waals surface area contributed by atoms with Crippen molar-refractivity contribution in [1.82, 2.24) is 24.8 Å². The first-order valence-electron chi connectivity index (χ1n) is 11.1. The SMILES string of the molecule is CCCn1c(=O)[nH]c(=O)c2cc(C(=O)NCC(c3cccs3)c3c[nH]c4ccccc34)cnc21. The molecule has 4 heterocycles. The van der Waals surface area contributed by atoms with Crippen LogP contribution in [0.15, 0.2) is 69.8 Å². The van der Waals surface area contributed by atoms with Gasteiger partial charge in [0.05, 0.1) is 10.9 Å². The van der Waals surface area contributed by atoms with Crippen LogP contribution in [0.4, 0.5) is 0 Å². The highest BCUT2D eigenvalue weighted by molar-refractivity contribution is 7.10. The number of hydrogen-bond donors (Lipinski definition) is 3. The molecular formula is C25H23N5O3S. The Bertz CT molecular complexity index is 1600. The van der Waals surface area contributed by atoms with Gasteiger partial charge < -0.3 is 10.3 Å². The van der Waals surface area contributed by atoms with Crippen LogP contribution >= 0.6 is 11.3 Å². The van der Waals surface area contributed by atoms with Crippen molar-refractivity contribution < 1.29 is 4.79 Å². The number of aryl methyl sites for hydroxylation is 1. The number of pyridine rings is 1. The number of nitrogens with zero attached hydrogens (tertiary/aromatic N) is 2. The molecule has 0 spiro atoms. The highest BCUT2D eigenvalue weighted by atomic mass is 32.1. The largest absolute Gasteiger partial charge is 0.361 e. The number of para-hydroxylation sites is 1. The Morgan fingerprint density at radius 3 is 2.82 bits per heavy atom. The van der Waals surface area contributed by atoms with Gasteiger partial charge in [0.2, 0.25) is 0 Å². The predicted molar refractivity (Wildman–Crippen MR) is 134 cm³/mol. The molecule has 0 bridgehead atoms. The number of benzene rings is 1. The average Bonchev–Trinajstić information content (AvgIpc) is 3.53. The summed E-state index contributed by atoms with van der Waals surface area (Å²) in [6, 6.07) is 13.6. The van der Waals surface area contributed by atoms with Gasteiger partial charge in [-0.05, 0) is 35.6 Å². The molecule has 5 aromatic rings. The van der Waals surface area contributed by atoms with Crippen molar-refractivity contribution in [1.29, 1.82) is 0 Å². The van der Waals surface area contributed by atoms with Crippen LogP contribution in [0, 0.1) is 0 Å². The molecule has 0 radical (unpaired) electrons. The van der Waals surface area contributed by atoms with Crippen molar-refractivity contribution in [3.8, 4) is 0 Å². The van der Waals surface area contributed by atoms with Crippen molar-refractivity contribution in [3.05, 3.63) is 97.1 Å². The quantitative estimate of drug-likeness (QED) is 0.335. The fraction of sp³-hybridized carbons (Fsp3) is 0.200. The van der Waals surface area contributed by atoms with Gasteiger partial charge in [0.25, 0.3) is 11.5 Å². The van der Waals surface area contributed by atoms with Gasteiger partial charge in [-0.3, -0.25) is 19.1 Å². The van der Waals surface area contributed by atoms with E-state index in [9.17, 15) is 14.4 Å². The van der Waals surface area contributed by atoms with Gasteiger partial charge in [-0.1, -0.05) is 31.2 Å². The maximum Gasteiger partial charge on any atom is 0.329 e. The van der Waals surface area contributed by atoms with Gasteiger partial charge in [0, 0.05) is 47.2 Å². The molecule has 5 rings (SSSR count). The zero-order valence-corrected chi connectivity index (χ0v) is 19.3. The van der Waals surface area contributed by atoms with E-state index in [2.05, 4.69) is 32.4 Å². The van der Waals surface area contributed by atoms with Crippen molar-refractivity contribution in [3.63, 3.8) is 0 Å². The molecule has 9 heteroatoms. The van der Waals surface area contributed by atoms with Crippen LogP contribution in [-0.2, 0) is 6.54 Å². The lowest BCUT2D eigenvalue weighted by molar-refractivity contribution is 0.0952. The summed E-state index contributed by atoms with van der Waals surface area (Å²) in [5, 5.41) is 6.36. The Balaban J connectivity index is 1.45. The summed E-state index contributed by atoms with van der Waals surface area (Å²) in [5.41, 5.74) is 1.65. The standard InChI is InChI=1S/C25H23N5O3S/c1-2-9-30-22-17(24(32)29-25(30)33)11-15(12-27-22)23(31)28-14-19(21-8-5-10-34-21)18-13-26-20-7-4-3-6-16(18)20/h3-8,10-13,19,26H,2,9,14H2,1H3,(H,28,31)(H,29,32,33). The molecule has 34 heavy (non-hydrogen) atoms. The first-order chi connectivity index (χ1) is 16.6. The van der Waals surface area contributed by atoms with Crippen LogP contribution in [0.25, 0.3) is 21.9 Å². The van der Waals surface area contributed by atoms with Gasteiger partial charge in [-0.2, -0.15) is 0 Å². The summed E-state index contributed by atoms with van der Waals surface area (Å²) in [6.45, 7) is 2.74. The van der Waals surface area contributed by atoms with E-state index in [0.29, 0.717) is 19.5 Å². The molecule has 8 nitrogen and oxygen atoms in total. The minimum atomic E-state index is -0.551. The Kier molecular flexibility index (Phi) is 5.85. The van der Waals surface area contributed by atoms with Crippen LogP contribution in [0.5, 0.6) is 0 Å². The third-order valence-corrected chi connectivity index (χ3v) is 6.88. The van der Waals surface area contributed by atoms with E-state index >= 15 is 0 Å². The molecule has 0 aliphatic rings. The number of H-pyrrole nitrogens is 2. The zero-order chi connectivity index (χ0) is 23.7. The van der Waals surface area contributed by atoms with Crippen molar-refractivity contribution in [2.45, 2.75) is 25.8 Å². The summed E-state index contributed by atoms with van der Waals surface area (Å²) in [5.74, 6) is -0.366. The number of carbonyl (C=O) groups is 1. The number of fused-ring (bicyclic) bond motifs is 2. The summed E-state index contributed by atoms with van der Waals surface area (Å²) in [6.07, 6.45) is 4.11. The van der Waals surface area contributed by atoms with E-state index in [1.165, 1.54) is 16.8 Å². The minimum Gasteiger partial charge on any atom is -0.361 e. The van der Waals surface area contributed by atoms with E-state index in [1.807, 2.05) is 42.8 Å². The molecule has 1 amide bonds. The van der Waals surface area contributed by atoms with Crippen molar-refractivity contribution in [2.24, 2.45) is 0 Å². The fourth-order valence-electron chi connectivity index (χ4n) is 4.26. The van der Waals surface area contributed by atoms with Crippen molar-refractivity contribution >= 4 is 39.2 Å². The van der Waals surface area contributed by atoms with E-state index in [1.54, 1.807) is 11.3 Å². The van der Waals surface area contributed by atoms with Crippen LogP contribution in [0.2, 0.25) is 0 Å². The highest BCUT2D eigenvalue weighted by Gasteiger charge is 2.21. The number of carbonyl (C=O) groups excluding carboxylic acids is 1. The lowest BCUT2D eigenvalue weighted by Gasteiger charge is -2.16. The van der Waals surface area contributed by atoms with Crippen LogP contribution in [0.3, 0.4) is 0 Å². The van der Waals surface area contributed by atoms with Gasteiger partial charge in [-0.25, -0.2) is 9.78 Å². The Labute approximate surface area is 198 Å². The molecule has 0 saturated heterocycles. The maximum absolute atomic E-state index is 13.0. The molecule has 4 aromatic heterocycles. The van der Waals surface area contributed by atoms with E-state index in [4.69, 9.17) is 0 Å². The molecule has 1 aromatic carbocycles. The Morgan fingerprint density at radius 1 is 1.18 bits per heavy atom. The maximum atomic E-state index is 13.0. The van der Waals surface area contributed by atoms with E-state index in [-0.39, 0.29) is 28.4 Å². The van der Waals surface area contributed by atoms with Crippen LogP contribution in [0.1, 0.15) is 40.1 Å². The van der Waals surface area contributed by atoms with Crippen LogP contribution in [-0.4, -0.2) is 32.0 Å². The van der Waals surface area contributed by atoms with Gasteiger partial charge in [0.1, 0.15) is 5.65 Å². The number of rotatable bonds is 7. The fourth-order valence-corrected chi connectivity index (χ4v) is 5.10. The van der Waals surface area contributed by atoms with E-state index in [0.717, 1.165) is 21.3 Å². The molecule has 0 aliphatic heterocycles. The molecule has 172 valence electrons. The zero-order valence-electron chi connectivity index (χ0n) is 18.5. The van der Waals surface area contributed by atoms with Gasteiger partial charge in [0.15, 0.2) is 0 Å². The van der Waals surface area contributed by atoms with Gasteiger partial charge in [-0.15, -0.1) is 11.3 Å². The first-order valence-corrected chi connectivity index (χ1v) is 11.9. The number of hydrogen-bond acceptors (Lipinski definition) is 5. The summed E-state index contributed by atoms with van der Waals surface area (Å²) < 4.78 is 1.42. The lowest BCUT2D eigenvalue weighted by atomic mass is 9.96. The van der Waals surface area contributed by atoms with Crippen molar-refractivity contribution in [2.75, 3.05) is 6.54 Å². The first kappa shape index (κ1) is 21.8. The number of thiophene rings is 1. The normalized spacial score (nSPS) is 12.3. The topological polar surface area (TPSA) is 113 Å². The highest BCUT2D eigenvalue weighted by Crippen LogP contribution is 2.32. The third kappa shape index (κ3) is 3.94. The molecule has 1 atom stereocenters.